The van der Waals surface area contributed by atoms with Crippen molar-refractivity contribution in [1.82, 2.24) is 5.32 Å². The summed E-state index contributed by atoms with van der Waals surface area (Å²) in [6.45, 7) is 1.30. The van der Waals surface area contributed by atoms with Gasteiger partial charge in [-0.15, -0.1) is 24.0 Å². The predicted molar refractivity (Wildman–Crippen MR) is 121 cm³/mol. The first-order valence-corrected chi connectivity index (χ1v) is 8.91. The number of aliphatic imine (C=N–C) groups is 1. The van der Waals surface area contributed by atoms with Crippen LogP contribution in [0.2, 0.25) is 0 Å². The lowest BCUT2D eigenvalue weighted by Gasteiger charge is -2.15. The van der Waals surface area contributed by atoms with Gasteiger partial charge in [0.15, 0.2) is 24.1 Å². The standard InChI is InChI=1S/C20H24F3N3O3.HI/c1-4-24-19(26-15-9-10-17(27-2)18(11-15)28-3)25-12-14-7-5-6-8-16(14)29-13-20(21,22)23;/h5-11H,4,12-13H2,1-3H3,(H2,24,25,26);1H. The zero-order valence-electron chi connectivity index (χ0n) is 16.9. The van der Waals surface area contributed by atoms with E-state index in [9.17, 15) is 13.2 Å². The van der Waals surface area contributed by atoms with Gasteiger partial charge in [-0.05, 0) is 25.1 Å². The van der Waals surface area contributed by atoms with Crippen LogP contribution in [-0.4, -0.2) is 39.5 Å². The van der Waals surface area contributed by atoms with Crippen molar-refractivity contribution in [3.05, 3.63) is 48.0 Å². The van der Waals surface area contributed by atoms with Crippen molar-refractivity contribution in [3.63, 3.8) is 0 Å². The van der Waals surface area contributed by atoms with Crippen molar-refractivity contribution in [2.45, 2.75) is 19.6 Å². The molecule has 0 saturated carbocycles. The number of halogens is 4. The summed E-state index contributed by atoms with van der Waals surface area (Å²) in [5.74, 6) is 1.76. The molecule has 2 rings (SSSR count). The van der Waals surface area contributed by atoms with E-state index in [0.717, 1.165) is 0 Å². The minimum atomic E-state index is -4.40. The molecule has 2 aromatic rings. The molecule has 0 spiro atoms. The Hall–Kier alpha value is -2.37. The summed E-state index contributed by atoms with van der Waals surface area (Å²) in [6.07, 6.45) is -4.40. The number of hydrogen-bond donors (Lipinski definition) is 2. The number of rotatable bonds is 8. The Morgan fingerprint density at radius 3 is 2.33 bits per heavy atom. The minimum absolute atomic E-state index is 0. The van der Waals surface area contributed by atoms with Crippen molar-refractivity contribution in [2.75, 3.05) is 32.7 Å². The number of benzene rings is 2. The number of anilines is 1. The number of nitrogens with one attached hydrogen (secondary N) is 2. The van der Waals surface area contributed by atoms with E-state index in [4.69, 9.17) is 14.2 Å². The SMILES string of the molecule is CCNC(=NCc1ccccc1OCC(F)(F)F)Nc1ccc(OC)c(OC)c1.I. The maximum atomic E-state index is 12.5. The van der Waals surface area contributed by atoms with Crippen molar-refractivity contribution >= 4 is 35.6 Å². The Bertz CT molecular complexity index is 832. The molecule has 6 nitrogen and oxygen atoms in total. The summed E-state index contributed by atoms with van der Waals surface area (Å²) >= 11 is 0. The van der Waals surface area contributed by atoms with E-state index < -0.39 is 12.8 Å². The van der Waals surface area contributed by atoms with Crippen LogP contribution in [0, 0.1) is 0 Å². The number of alkyl halides is 3. The highest BCUT2D eigenvalue weighted by molar-refractivity contribution is 14.0. The summed E-state index contributed by atoms with van der Waals surface area (Å²) in [4.78, 5) is 4.44. The highest BCUT2D eigenvalue weighted by Gasteiger charge is 2.28. The smallest absolute Gasteiger partial charge is 0.422 e. The Balaban J connectivity index is 0.00000450. The van der Waals surface area contributed by atoms with E-state index in [1.54, 1.807) is 50.6 Å². The van der Waals surface area contributed by atoms with Crippen LogP contribution in [0.5, 0.6) is 17.2 Å². The summed E-state index contributed by atoms with van der Waals surface area (Å²) in [5.41, 5.74) is 1.25. The van der Waals surface area contributed by atoms with Gasteiger partial charge in [-0.25, -0.2) is 4.99 Å². The van der Waals surface area contributed by atoms with Crippen LogP contribution in [0.25, 0.3) is 0 Å². The molecule has 0 atom stereocenters. The quantitative estimate of drug-likeness (QED) is 0.286. The maximum absolute atomic E-state index is 12.5. The Morgan fingerprint density at radius 1 is 1.00 bits per heavy atom. The van der Waals surface area contributed by atoms with E-state index in [-0.39, 0.29) is 36.3 Å². The largest absolute Gasteiger partial charge is 0.493 e. The summed E-state index contributed by atoms with van der Waals surface area (Å²) in [6, 6.07) is 11.8. The van der Waals surface area contributed by atoms with Crippen LogP contribution in [-0.2, 0) is 6.54 Å². The van der Waals surface area contributed by atoms with Gasteiger partial charge in [0.2, 0.25) is 0 Å². The third-order valence-electron chi connectivity index (χ3n) is 3.76. The maximum Gasteiger partial charge on any atom is 0.422 e. The van der Waals surface area contributed by atoms with Crippen LogP contribution in [0.4, 0.5) is 18.9 Å². The molecule has 0 aliphatic carbocycles. The lowest BCUT2D eigenvalue weighted by atomic mass is 10.2. The van der Waals surface area contributed by atoms with Gasteiger partial charge in [0.1, 0.15) is 5.75 Å². The second-order valence-corrected chi connectivity index (χ2v) is 5.90. The summed E-state index contributed by atoms with van der Waals surface area (Å²) < 4.78 is 52.8. The molecule has 0 fully saturated rings. The first-order valence-electron chi connectivity index (χ1n) is 8.91. The second kappa shape index (κ2) is 12.4. The van der Waals surface area contributed by atoms with E-state index in [2.05, 4.69) is 15.6 Å². The summed E-state index contributed by atoms with van der Waals surface area (Å²) in [7, 11) is 3.09. The number of hydrogen-bond acceptors (Lipinski definition) is 4. The average molecular weight is 539 g/mol. The van der Waals surface area contributed by atoms with Gasteiger partial charge >= 0.3 is 6.18 Å². The van der Waals surface area contributed by atoms with Crippen LogP contribution in [0.3, 0.4) is 0 Å². The molecule has 0 saturated heterocycles. The number of guanidine groups is 1. The topological polar surface area (TPSA) is 64.1 Å². The average Bonchev–Trinajstić information content (AvgIpc) is 2.70. The molecule has 0 aliphatic rings. The Morgan fingerprint density at radius 2 is 1.70 bits per heavy atom. The van der Waals surface area contributed by atoms with Crippen molar-refractivity contribution in [3.8, 4) is 17.2 Å². The van der Waals surface area contributed by atoms with Crippen LogP contribution in [0.15, 0.2) is 47.5 Å². The Labute approximate surface area is 190 Å². The lowest BCUT2D eigenvalue weighted by Crippen LogP contribution is -2.30. The molecule has 2 N–H and O–H groups in total. The van der Waals surface area contributed by atoms with Gasteiger partial charge in [0, 0.05) is 23.9 Å². The molecule has 10 heteroatoms. The summed E-state index contributed by atoms with van der Waals surface area (Å²) in [5, 5.41) is 6.22. The molecule has 0 radical (unpaired) electrons. The van der Waals surface area contributed by atoms with E-state index in [1.807, 2.05) is 6.92 Å². The highest BCUT2D eigenvalue weighted by Crippen LogP contribution is 2.29. The van der Waals surface area contributed by atoms with Gasteiger partial charge in [-0.3, -0.25) is 0 Å². The zero-order valence-corrected chi connectivity index (χ0v) is 19.2. The fourth-order valence-corrected chi connectivity index (χ4v) is 2.46. The van der Waals surface area contributed by atoms with Gasteiger partial charge in [-0.2, -0.15) is 13.2 Å². The van der Waals surface area contributed by atoms with Gasteiger partial charge in [0.25, 0.3) is 0 Å². The molecule has 0 aliphatic heterocycles. The molecular weight excluding hydrogens is 514 g/mol. The first-order chi connectivity index (χ1) is 13.9. The van der Waals surface area contributed by atoms with E-state index >= 15 is 0 Å². The molecule has 0 unspecified atom stereocenters. The van der Waals surface area contributed by atoms with Gasteiger partial charge in [-0.1, -0.05) is 18.2 Å². The third-order valence-corrected chi connectivity index (χ3v) is 3.76. The van der Waals surface area contributed by atoms with E-state index in [0.29, 0.717) is 35.3 Å². The van der Waals surface area contributed by atoms with Crippen LogP contribution < -0.4 is 24.8 Å². The third kappa shape index (κ3) is 8.17. The van der Waals surface area contributed by atoms with Crippen LogP contribution >= 0.6 is 24.0 Å². The molecule has 2 aromatic carbocycles. The monoisotopic (exact) mass is 539 g/mol. The lowest BCUT2D eigenvalue weighted by molar-refractivity contribution is -0.153. The van der Waals surface area contributed by atoms with E-state index in [1.165, 1.54) is 6.07 Å². The van der Waals surface area contributed by atoms with Crippen LogP contribution in [0.1, 0.15) is 12.5 Å². The molecule has 0 aromatic heterocycles. The van der Waals surface area contributed by atoms with Gasteiger partial charge < -0.3 is 24.8 Å². The van der Waals surface area contributed by atoms with Crippen molar-refractivity contribution in [1.29, 1.82) is 0 Å². The molecular formula is C20H25F3IN3O3. The number of ether oxygens (including phenoxy) is 3. The van der Waals surface area contributed by atoms with Gasteiger partial charge in [0.05, 0.1) is 20.8 Å². The number of para-hydroxylation sites is 1. The second-order valence-electron chi connectivity index (χ2n) is 5.90. The first kappa shape index (κ1) is 25.7. The normalized spacial score (nSPS) is 11.3. The fraction of sp³-hybridized carbons (Fsp3) is 0.350. The molecule has 0 heterocycles. The predicted octanol–water partition coefficient (Wildman–Crippen LogP) is 4.84. The number of methoxy groups -OCH3 is 2. The fourth-order valence-electron chi connectivity index (χ4n) is 2.46. The molecule has 0 amide bonds. The minimum Gasteiger partial charge on any atom is -0.493 e. The highest BCUT2D eigenvalue weighted by atomic mass is 127. The van der Waals surface area contributed by atoms with Crippen molar-refractivity contribution in [2.24, 2.45) is 4.99 Å². The Kier molecular flexibility index (Phi) is 10.6. The zero-order chi connectivity index (χ0) is 21.3. The molecule has 30 heavy (non-hydrogen) atoms. The molecule has 166 valence electrons. The molecule has 0 bridgehead atoms. The van der Waals surface area contributed by atoms with Crippen molar-refractivity contribution < 1.29 is 27.4 Å². The number of nitrogens with zero attached hydrogens (tertiary/aromatic N) is 1.